The molecular weight excluding hydrogens is 140 g/mol. The zero-order chi connectivity index (χ0) is 8.53. The van der Waals surface area contributed by atoms with E-state index in [1.165, 1.54) is 0 Å². The average molecular weight is 157 g/mol. The molecule has 0 aromatic rings. The van der Waals surface area contributed by atoms with E-state index >= 15 is 0 Å². The Labute approximate surface area is 68.6 Å². The number of carbonyl (C=O) groups excluding carboxylic acids is 1. The third-order valence-electron chi connectivity index (χ3n) is 1.28. The van der Waals surface area contributed by atoms with Crippen LogP contribution >= 0.6 is 0 Å². The lowest BCUT2D eigenvalue weighted by Crippen LogP contribution is -2.34. The zero-order valence-corrected chi connectivity index (χ0v) is 7.15. The summed E-state index contributed by atoms with van der Waals surface area (Å²) in [5.41, 5.74) is 0. The first kappa shape index (κ1) is 10.4. The molecule has 65 valence electrons. The normalized spacial score (nSPS) is 9.64. The van der Waals surface area contributed by atoms with Crippen LogP contribution in [0.15, 0.2) is 0 Å². The Hall–Kier alpha value is -0.570. The standard InChI is InChI=1S/C8H17N2O/c1-3-5-6-10-8(11)7-9-4-2/h9H,1,3-7H2,2H3,(H,10,11). The molecule has 0 atom stereocenters. The first-order valence-corrected chi connectivity index (χ1v) is 4.08. The fraction of sp³-hybridized carbons (Fsp3) is 0.750. The summed E-state index contributed by atoms with van der Waals surface area (Å²) < 4.78 is 0. The van der Waals surface area contributed by atoms with Gasteiger partial charge in [0.05, 0.1) is 6.54 Å². The predicted octanol–water partition coefficient (Wildman–Crippen LogP) is 0.326. The van der Waals surface area contributed by atoms with Gasteiger partial charge in [0.2, 0.25) is 5.91 Å². The topological polar surface area (TPSA) is 41.1 Å². The highest BCUT2D eigenvalue weighted by Crippen LogP contribution is 1.80. The lowest BCUT2D eigenvalue weighted by Gasteiger charge is -2.03. The molecule has 0 saturated carbocycles. The van der Waals surface area contributed by atoms with Crippen LogP contribution in [0.4, 0.5) is 0 Å². The first-order valence-electron chi connectivity index (χ1n) is 4.08. The van der Waals surface area contributed by atoms with Gasteiger partial charge in [-0.3, -0.25) is 4.79 Å². The first-order chi connectivity index (χ1) is 5.31. The molecule has 0 aliphatic carbocycles. The predicted molar refractivity (Wildman–Crippen MR) is 46.1 cm³/mol. The molecule has 0 aliphatic rings. The molecule has 0 heterocycles. The van der Waals surface area contributed by atoms with E-state index in [9.17, 15) is 4.79 Å². The second-order valence-electron chi connectivity index (χ2n) is 2.34. The Bertz CT molecular complexity index is 104. The summed E-state index contributed by atoms with van der Waals surface area (Å²) in [6.45, 7) is 7.66. The van der Waals surface area contributed by atoms with Gasteiger partial charge in [-0.2, -0.15) is 0 Å². The summed E-state index contributed by atoms with van der Waals surface area (Å²) in [5, 5.41) is 5.72. The molecule has 0 spiro atoms. The molecule has 1 amide bonds. The van der Waals surface area contributed by atoms with Crippen molar-refractivity contribution in [2.45, 2.75) is 19.8 Å². The molecule has 2 N–H and O–H groups in total. The number of rotatable bonds is 6. The van der Waals surface area contributed by atoms with Gasteiger partial charge in [0.1, 0.15) is 0 Å². The molecule has 3 nitrogen and oxygen atoms in total. The summed E-state index contributed by atoms with van der Waals surface area (Å²) in [6.07, 6.45) is 1.83. The molecule has 1 radical (unpaired) electrons. The van der Waals surface area contributed by atoms with E-state index in [2.05, 4.69) is 17.6 Å². The van der Waals surface area contributed by atoms with E-state index < -0.39 is 0 Å². The SMILES string of the molecule is [CH2]CCCNC(=O)CNCC. The van der Waals surface area contributed by atoms with Crippen LogP contribution in [0.2, 0.25) is 0 Å². The monoisotopic (exact) mass is 157 g/mol. The van der Waals surface area contributed by atoms with Crippen molar-refractivity contribution in [1.82, 2.24) is 10.6 Å². The molecular formula is C8H17N2O. The van der Waals surface area contributed by atoms with E-state index in [0.29, 0.717) is 6.54 Å². The van der Waals surface area contributed by atoms with Gasteiger partial charge < -0.3 is 10.6 Å². The van der Waals surface area contributed by atoms with E-state index in [0.717, 1.165) is 25.9 Å². The Morgan fingerprint density at radius 1 is 1.55 bits per heavy atom. The van der Waals surface area contributed by atoms with Crippen LogP contribution in [-0.4, -0.2) is 25.5 Å². The summed E-state index contributed by atoms with van der Waals surface area (Å²) in [5.74, 6) is 0.0697. The summed E-state index contributed by atoms with van der Waals surface area (Å²) in [6, 6.07) is 0. The zero-order valence-electron chi connectivity index (χ0n) is 7.15. The van der Waals surface area contributed by atoms with Gasteiger partial charge in [-0.25, -0.2) is 0 Å². The van der Waals surface area contributed by atoms with Gasteiger partial charge in [-0.1, -0.05) is 20.3 Å². The fourth-order valence-electron chi connectivity index (χ4n) is 0.654. The van der Waals surface area contributed by atoms with Gasteiger partial charge in [-0.05, 0) is 13.0 Å². The third-order valence-corrected chi connectivity index (χ3v) is 1.28. The van der Waals surface area contributed by atoms with E-state index in [4.69, 9.17) is 0 Å². The van der Waals surface area contributed by atoms with E-state index in [-0.39, 0.29) is 5.91 Å². The largest absolute Gasteiger partial charge is 0.355 e. The molecule has 0 saturated heterocycles. The number of hydrogen-bond donors (Lipinski definition) is 2. The quantitative estimate of drug-likeness (QED) is 0.545. The number of hydrogen-bond acceptors (Lipinski definition) is 2. The van der Waals surface area contributed by atoms with Crippen LogP contribution < -0.4 is 10.6 Å². The lowest BCUT2D eigenvalue weighted by molar-refractivity contribution is -0.120. The van der Waals surface area contributed by atoms with Crippen molar-refractivity contribution in [2.75, 3.05) is 19.6 Å². The molecule has 0 aromatic carbocycles. The number of amides is 1. The van der Waals surface area contributed by atoms with Gasteiger partial charge in [0.25, 0.3) is 0 Å². The van der Waals surface area contributed by atoms with Crippen molar-refractivity contribution in [2.24, 2.45) is 0 Å². The van der Waals surface area contributed by atoms with Crippen molar-refractivity contribution in [3.8, 4) is 0 Å². The second kappa shape index (κ2) is 7.54. The molecule has 0 aliphatic heterocycles. The Kier molecular flexibility index (Phi) is 7.15. The van der Waals surface area contributed by atoms with Crippen LogP contribution in [0.5, 0.6) is 0 Å². The smallest absolute Gasteiger partial charge is 0.233 e. The van der Waals surface area contributed by atoms with Crippen LogP contribution in [-0.2, 0) is 4.79 Å². The van der Waals surface area contributed by atoms with Crippen LogP contribution in [0.3, 0.4) is 0 Å². The van der Waals surface area contributed by atoms with Crippen molar-refractivity contribution in [3.05, 3.63) is 6.92 Å². The maximum Gasteiger partial charge on any atom is 0.233 e. The summed E-state index contributed by atoms with van der Waals surface area (Å²) in [4.78, 5) is 10.9. The Morgan fingerprint density at radius 3 is 2.82 bits per heavy atom. The molecule has 11 heavy (non-hydrogen) atoms. The van der Waals surface area contributed by atoms with Crippen molar-refractivity contribution in [1.29, 1.82) is 0 Å². The Balaban J connectivity index is 3.09. The highest BCUT2D eigenvalue weighted by Gasteiger charge is 1.96. The van der Waals surface area contributed by atoms with Crippen LogP contribution in [0, 0.1) is 6.92 Å². The maximum absolute atomic E-state index is 10.9. The molecule has 0 fully saturated rings. The number of unbranched alkanes of at least 4 members (excludes halogenated alkanes) is 1. The molecule has 3 heteroatoms. The molecule has 0 aromatic heterocycles. The minimum absolute atomic E-state index is 0.0697. The minimum Gasteiger partial charge on any atom is -0.355 e. The maximum atomic E-state index is 10.9. The molecule has 0 rings (SSSR count). The van der Waals surface area contributed by atoms with Crippen molar-refractivity contribution < 1.29 is 4.79 Å². The van der Waals surface area contributed by atoms with Crippen LogP contribution in [0.1, 0.15) is 19.8 Å². The van der Waals surface area contributed by atoms with Gasteiger partial charge in [0, 0.05) is 6.54 Å². The highest BCUT2D eigenvalue weighted by molar-refractivity contribution is 5.77. The third kappa shape index (κ3) is 7.33. The highest BCUT2D eigenvalue weighted by atomic mass is 16.1. The minimum atomic E-state index is 0.0697. The van der Waals surface area contributed by atoms with E-state index in [1.807, 2.05) is 6.92 Å². The van der Waals surface area contributed by atoms with Gasteiger partial charge >= 0.3 is 0 Å². The summed E-state index contributed by atoms with van der Waals surface area (Å²) in [7, 11) is 0. The number of nitrogens with one attached hydrogen (secondary N) is 2. The van der Waals surface area contributed by atoms with Crippen molar-refractivity contribution >= 4 is 5.91 Å². The second-order valence-corrected chi connectivity index (χ2v) is 2.34. The fourth-order valence-corrected chi connectivity index (χ4v) is 0.654. The van der Waals surface area contributed by atoms with E-state index in [1.54, 1.807) is 0 Å². The van der Waals surface area contributed by atoms with Crippen LogP contribution in [0.25, 0.3) is 0 Å². The average Bonchev–Trinajstić information content (AvgIpc) is 2.01. The number of carbonyl (C=O) groups is 1. The van der Waals surface area contributed by atoms with Gasteiger partial charge in [0.15, 0.2) is 0 Å². The lowest BCUT2D eigenvalue weighted by atomic mass is 10.3. The number of likely N-dealkylation sites (N-methyl/N-ethyl adjacent to an activating group) is 1. The molecule has 0 bridgehead atoms. The Morgan fingerprint density at radius 2 is 2.27 bits per heavy atom. The summed E-state index contributed by atoms with van der Waals surface area (Å²) >= 11 is 0. The molecule has 0 unspecified atom stereocenters. The van der Waals surface area contributed by atoms with Gasteiger partial charge in [-0.15, -0.1) is 0 Å². The van der Waals surface area contributed by atoms with Crippen molar-refractivity contribution in [3.63, 3.8) is 0 Å².